The highest BCUT2D eigenvalue weighted by Gasteiger charge is 2.38. The van der Waals surface area contributed by atoms with E-state index in [9.17, 15) is 4.39 Å². The average molecular weight is 344 g/mol. The second-order valence-corrected chi connectivity index (χ2v) is 6.06. The molecule has 5 heteroatoms. The van der Waals surface area contributed by atoms with Gasteiger partial charge in [-0.3, -0.25) is 14.6 Å². The Morgan fingerprint density at radius 3 is 2.38 bits per heavy atom. The average Bonchev–Trinajstić information content (AvgIpc) is 3.23. The molecule has 128 valence electrons. The molecule has 3 aromatic heterocycles. The molecule has 0 amide bonds. The minimum atomic E-state index is -0.681. The van der Waals surface area contributed by atoms with Gasteiger partial charge in [-0.1, -0.05) is 24.3 Å². The number of rotatable bonds is 5. The molecule has 0 saturated heterocycles. The molecule has 0 radical (unpaired) electrons. The lowest BCUT2D eigenvalue weighted by molar-refractivity contribution is 0.379. The highest BCUT2D eigenvalue weighted by atomic mass is 19.1. The van der Waals surface area contributed by atoms with Crippen molar-refractivity contribution in [3.8, 4) is 0 Å². The minimum Gasteiger partial charge on any atom is -0.264 e. The Balaban J connectivity index is 1.98. The number of nitrogens with zero attached hydrogens (tertiary/aromatic N) is 4. The summed E-state index contributed by atoms with van der Waals surface area (Å²) in [5.74, 6) is -0.271. The molecule has 4 nitrogen and oxygen atoms in total. The molecule has 26 heavy (non-hydrogen) atoms. The lowest BCUT2D eigenvalue weighted by Crippen LogP contribution is -2.39. The van der Waals surface area contributed by atoms with Gasteiger partial charge in [0.05, 0.1) is 0 Å². The topological polar surface area (TPSA) is 43.6 Å². The fourth-order valence-corrected chi connectivity index (χ4v) is 3.31. The van der Waals surface area contributed by atoms with Gasteiger partial charge in [0.1, 0.15) is 11.4 Å². The Morgan fingerprint density at radius 2 is 1.73 bits per heavy atom. The van der Waals surface area contributed by atoms with E-state index < -0.39 is 5.54 Å². The van der Waals surface area contributed by atoms with Gasteiger partial charge < -0.3 is 0 Å². The van der Waals surface area contributed by atoms with E-state index in [2.05, 4.69) is 15.1 Å². The predicted molar refractivity (Wildman–Crippen MR) is 97.0 cm³/mol. The van der Waals surface area contributed by atoms with Gasteiger partial charge in [0.15, 0.2) is 0 Å². The van der Waals surface area contributed by atoms with Gasteiger partial charge >= 0.3 is 0 Å². The number of aromatic nitrogens is 4. The molecule has 3 heterocycles. The van der Waals surface area contributed by atoms with E-state index in [1.807, 2.05) is 53.5 Å². The predicted octanol–water partition coefficient (Wildman–Crippen LogP) is 3.85. The normalized spacial score (nSPS) is 13.3. The Kier molecular flexibility index (Phi) is 4.27. The summed E-state index contributed by atoms with van der Waals surface area (Å²) in [6.07, 6.45) is 9.56. The Morgan fingerprint density at radius 1 is 0.846 bits per heavy atom. The third-order valence-electron chi connectivity index (χ3n) is 4.52. The summed E-state index contributed by atoms with van der Waals surface area (Å²) in [4.78, 5) is 8.82. The van der Waals surface area contributed by atoms with Gasteiger partial charge in [0.25, 0.3) is 0 Å². The van der Waals surface area contributed by atoms with Crippen LogP contribution in [0.3, 0.4) is 0 Å². The van der Waals surface area contributed by atoms with Crippen LogP contribution in [0.15, 0.2) is 91.6 Å². The van der Waals surface area contributed by atoms with Crippen LogP contribution >= 0.6 is 0 Å². The first-order valence-corrected chi connectivity index (χ1v) is 8.36. The van der Waals surface area contributed by atoms with Crippen LogP contribution in [0.1, 0.15) is 16.8 Å². The molecule has 4 rings (SSSR count). The van der Waals surface area contributed by atoms with E-state index in [0.29, 0.717) is 6.42 Å². The van der Waals surface area contributed by atoms with E-state index in [1.54, 1.807) is 30.7 Å². The number of benzene rings is 1. The smallest absolute Gasteiger partial charge is 0.123 e. The molecule has 4 aromatic rings. The summed E-state index contributed by atoms with van der Waals surface area (Å²) in [6.45, 7) is 0. The Hall–Kier alpha value is -3.34. The zero-order valence-corrected chi connectivity index (χ0v) is 14.0. The first kappa shape index (κ1) is 16.1. The van der Waals surface area contributed by atoms with Crippen molar-refractivity contribution in [2.75, 3.05) is 0 Å². The standard InChI is InChI=1S/C21H17FN4/c22-19-9-7-17(8-10-19)21(26-14-4-13-25-26,18-5-3-11-23-16-18)15-20-6-1-2-12-24-20/h1-14,16H,15H2. The van der Waals surface area contributed by atoms with Crippen LogP contribution < -0.4 is 0 Å². The van der Waals surface area contributed by atoms with Gasteiger partial charge in [0, 0.05) is 48.7 Å². The lowest BCUT2D eigenvalue weighted by Gasteiger charge is -2.35. The highest BCUT2D eigenvalue weighted by Crippen LogP contribution is 2.36. The van der Waals surface area contributed by atoms with E-state index in [1.165, 1.54) is 12.1 Å². The van der Waals surface area contributed by atoms with Crippen LogP contribution in [0.4, 0.5) is 4.39 Å². The van der Waals surface area contributed by atoms with Crippen molar-refractivity contribution in [2.45, 2.75) is 12.0 Å². The molecular weight excluding hydrogens is 327 g/mol. The van der Waals surface area contributed by atoms with Crippen molar-refractivity contribution in [3.05, 3.63) is 114 Å². The van der Waals surface area contributed by atoms with Crippen molar-refractivity contribution in [1.29, 1.82) is 0 Å². The molecule has 1 atom stereocenters. The van der Waals surface area contributed by atoms with Gasteiger partial charge in [-0.15, -0.1) is 0 Å². The Labute approximate surface area is 151 Å². The zero-order chi connectivity index (χ0) is 17.8. The maximum atomic E-state index is 13.6. The summed E-state index contributed by atoms with van der Waals surface area (Å²) in [7, 11) is 0. The van der Waals surface area contributed by atoms with Crippen molar-refractivity contribution in [1.82, 2.24) is 19.7 Å². The van der Waals surface area contributed by atoms with Crippen molar-refractivity contribution in [3.63, 3.8) is 0 Å². The third kappa shape index (κ3) is 2.88. The van der Waals surface area contributed by atoms with Crippen molar-refractivity contribution >= 4 is 0 Å². The first-order chi connectivity index (χ1) is 12.8. The van der Waals surface area contributed by atoms with E-state index in [4.69, 9.17) is 0 Å². The highest BCUT2D eigenvalue weighted by molar-refractivity contribution is 5.40. The molecular formula is C21H17FN4. The number of halogens is 1. The van der Waals surface area contributed by atoms with Crippen molar-refractivity contribution in [2.24, 2.45) is 0 Å². The molecule has 1 unspecified atom stereocenters. The number of pyridine rings is 2. The maximum Gasteiger partial charge on any atom is 0.123 e. The first-order valence-electron chi connectivity index (χ1n) is 8.36. The number of hydrogen-bond donors (Lipinski definition) is 0. The van der Waals surface area contributed by atoms with Gasteiger partial charge in [-0.2, -0.15) is 5.10 Å². The van der Waals surface area contributed by atoms with Crippen LogP contribution in [0.25, 0.3) is 0 Å². The molecule has 0 aliphatic heterocycles. The number of hydrogen-bond acceptors (Lipinski definition) is 3. The van der Waals surface area contributed by atoms with E-state index in [-0.39, 0.29) is 5.82 Å². The molecule has 1 aromatic carbocycles. The quantitative estimate of drug-likeness (QED) is 0.552. The summed E-state index contributed by atoms with van der Waals surface area (Å²) in [5, 5.41) is 4.53. The second kappa shape index (κ2) is 6.88. The van der Waals surface area contributed by atoms with Crippen LogP contribution in [0.2, 0.25) is 0 Å². The Bertz CT molecular complexity index is 954. The molecule has 0 saturated carbocycles. The third-order valence-corrected chi connectivity index (χ3v) is 4.52. The molecule has 0 bridgehead atoms. The van der Waals surface area contributed by atoms with Gasteiger partial charge in [-0.05, 0) is 42.0 Å². The van der Waals surface area contributed by atoms with Crippen LogP contribution in [-0.2, 0) is 12.0 Å². The summed E-state index contributed by atoms with van der Waals surface area (Å²) < 4.78 is 15.5. The van der Waals surface area contributed by atoms with Gasteiger partial charge in [0.2, 0.25) is 0 Å². The van der Waals surface area contributed by atoms with Crippen LogP contribution in [0, 0.1) is 5.82 Å². The minimum absolute atomic E-state index is 0.271. The molecule has 0 N–H and O–H groups in total. The van der Waals surface area contributed by atoms with E-state index >= 15 is 0 Å². The SMILES string of the molecule is Fc1ccc(C(Cc2ccccn2)(c2cccnc2)n2cccn2)cc1. The van der Waals surface area contributed by atoms with Crippen LogP contribution in [0.5, 0.6) is 0 Å². The summed E-state index contributed by atoms with van der Waals surface area (Å²) >= 11 is 0. The molecule has 0 fully saturated rings. The molecule has 0 aliphatic carbocycles. The zero-order valence-electron chi connectivity index (χ0n) is 14.0. The summed E-state index contributed by atoms with van der Waals surface area (Å²) in [6, 6.07) is 18.2. The summed E-state index contributed by atoms with van der Waals surface area (Å²) in [5.41, 5.74) is 2.11. The van der Waals surface area contributed by atoms with Crippen LogP contribution in [-0.4, -0.2) is 19.7 Å². The lowest BCUT2D eigenvalue weighted by atomic mass is 9.79. The fourth-order valence-electron chi connectivity index (χ4n) is 3.31. The van der Waals surface area contributed by atoms with E-state index in [0.717, 1.165) is 16.8 Å². The monoisotopic (exact) mass is 344 g/mol. The largest absolute Gasteiger partial charge is 0.264 e. The molecule has 0 spiro atoms. The molecule has 0 aliphatic rings. The second-order valence-electron chi connectivity index (χ2n) is 6.06. The van der Waals surface area contributed by atoms with Gasteiger partial charge in [-0.25, -0.2) is 4.39 Å². The fraction of sp³-hybridized carbons (Fsp3) is 0.0952. The van der Waals surface area contributed by atoms with Crippen molar-refractivity contribution < 1.29 is 4.39 Å². The maximum absolute atomic E-state index is 13.6.